The van der Waals surface area contributed by atoms with Crippen LogP contribution >= 0.6 is 23.1 Å². The second kappa shape index (κ2) is 9.68. The molecule has 0 fully saturated rings. The lowest BCUT2D eigenvalue weighted by Gasteiger charge is -2.14. The first-order valence-electron chi connectivity index (χ1n) is 10.1. The number of methoxy groups -OCH3 is 2. The summed E-state index contributed by atoms with van der Waals surface area (Å²) in [5.41, 5.74) is 3.97. The van der Waals surface area contributed by atoms with Crippen LogP contribution in [0.1, 0.15) is 11.1 Å². The zero-order chi connectivity index (χ0) is 23.5. The van der Waals surface area contributed by atoms with Crippen molar-refractivity contribution in [3.05, 3.63) is 69.3 Å². The Bertz CT molecular complexity index is 1390. The van der Waals surface area contributed by atoms with Crippen LogP contribution in [0.3, 0.4) is 0 Å². The minimum absolute atomic E-state index is 0.0715. The Morgan fingerprint density at radius 2 is 1.91 bits per heavy atom. The number of aromatic nitrogens is 2. The van der Waals surface area contributed by atoms with Gasteiger partial charge in [-0.2, -0.15) is 0 Å². The highest BCUT2D eigenvalue weighted by Gasteiger charge is 2.17. The number of fused-ring (bicyclic) bond motifs is 1. The summed E-state index contributed by atoms with van der Waals surface area (Å²) in [6.07, 6.45) is 0. The van der Waals surface area contributed by atoms with Crippen molar-refractivity contribution in [3.63, 3.8) is 0 Å². The van der Waals surface area contributed by atoms with E-state index in [4.69, 9.17) is 9.47 Å². The number of thiophene rings is 1. The number of aryl methyl sites for hydroxylation is 2. The van der Waals surface area contributed by atoms with Crippen LogP contribution < -0.4 is 20.3 Å². The second-order valence-corrected chi connectivity index (χ2v) is 9.20. The number of nitrogens with zero attached hydrogens (tertiary/aromatic N) is 2. The lowest BCUT2D eigenvalue weighted by molar-refractivity contribution is -0.113. The molecule has 0 spiro atoms. The normalized spacial score (nSPS) is 10.9. The van der Waals surface area contributed by atoms with Gasteiger partial charge in [0.2, 0.25) is 5.91 Å². The van der Waals surface area contributed by atoms with Crippen LogP contribution in [0.5, 0.6) is 11.5 Å². The van der Waals surface area contributed by atoms with E-state index in [0.29, 0.717) is 32.6 Å². The Labute approximate surface area is 199 Å². The van der Waals surface area contributed by atoms with Gasteiger partial charge in [0, 0.05) is 6.07 Å². The van der Waals surface area contributed by atoms with Crippen molar-refractivity contribution in [3.8, 4) is 17.2 Å². The van der Waals surface area contributed by atoms with Gasteiger partial charge in [0.05, 0.1) is 36.9 Å². The average Bonchev–Trinajstić information content (AvgIpc) is 3.29. The van der Waals surface area contributed by atoms with Gasteiger partial charge in [0.1, 0.15) is 16.2 Å². The Kier molecular flexibility index (Phi) is 6.71. The van der Waals surface area contributed by atoms with E-state index in [2.05, 4.69) is 10.3 Å². The molecule has 1 N–H and O–H groups in total. The summed E-state index contributed by atoms with van der Waals surface area (Å²) in [4.78, 5) is 30.7. The monoisotopic (exact) mass is 481 g/mol. The molecular formula is C24H23N3O4S2. The van der Waals surface area contributed by atoms with Gasteiger partial charge in [0.15, 0.2) is 5.16 Å². The highest BCUT2D eigenvalue weighted by molar-refractivity contribution is 7.99. The molecule has 1 amide bonds. The zero-order valence-corrected chi connectivity index (χ0v) is 20.3. The minimum atomic E-state index is -0.241. The van der Waals surface area contributed by atoms with Gasteiger partial charge in [0.25, 0.3) is 5.56 Å². The van der Waals surface area contributed by atoms with Crippen LogP contribution in [-0.2, 0) is 4.79 Å². The summed E-state index contributed by atoms with van der Waals surface area (Å²) in [6.45, 7) is 4.03. The number of carbonyl (C=O) groups is 1. The van der Waals surface area contributed by atoms with E-state index in [1.807, 2.05) is 43.5 Å². The number of ether oxygens (including phenoxy) is 2. The van der Waals surface area contributed by atoms with Gasteiger partial charge < -0.3 is 14.8 Å². The molecule has 0 atom stereocenters. The third-order valence-corrected chi connectivity index (χ3v) is 7.04. The van der Waals surface area contributed by atoms with Gasteiger partial charge in [-0.05, 0) is 60.7 Å². The number of amides is 1. The fourth-order valence-electron chi connectivity index (χ4n) is 3.30. The standard InChI is InChI=1S/C24H23N3O4S2/c1-14-5-6-16(11-15(14)2)27-23(29)22-19(9-10-32-22)26-24(27)33-13-21(28)25-18-8-7-17(30-3)12-20(18)31-4/h5-12H,13H2,1-4H3,(H,25,28). The molecule has 0 saturated heterocycles. The Morgan fingerprint density at radius 1 is 1.09 bits per heavy atom. The van der Waals surface area contributed by atoms with Crippen molar-refractivity contribution in [1.82, 2.24) is 9.55 Å². The molecule has 0 radical (unpaired) electrons. The van der Waals surface area contributed by atoms with Crippen molar-refractivity contribution >= 4 is 44.9 Å². The molecule has 2 aromatic heterocycles. The van der Waals surface area contributed by atoms with Crippen molar-refractivity contribution in [2.45, 2.75) is 19.0 Å². The van der Waals surface area contributed by atoms with Gasteiger partial charge >= 0.3 is 0 Å². The number of nitrogens with one attached hydrogen (secondary N) is 1. The number of rotatable bonds is 7. The SMILES string of the molecule is COc1ccc(NC(=O)CSc2nc3ccsc3c(=O)n2-c2ccc(C)c(C)c2)c(OC)c1. The first kappa shape index (κ1) is 22.9. The van der Waals surface area contributed by atoms with Crippen molar-refractivity contribution in [1.29, 1.82) is 0 Å². The van der Waals surface area contributed by atoms with E-state index in [-0.39, 0.29) is 17.2 Å². The van der Waals surface area contributed by atoms with Crippen molar-refractivity contribution < 1.29 is 14.3 Å². The lowest BCUT2D eigenvalue weighted by atomic mass is 10.1. The highest BCUT2D eigenvalue weighted by Crippen LogP contribution is 2.30. The summed E-state index contributed by atoms with van der Waals surface area (Å²) < 4.78 is 12.7. The second-order valence-electron chi connectivity index (χ2n) is 7.34. The maximum atomic E-state index is 13.3. The first-order valence-corrected chi connectivity index (χ1v) is 12.0. The molecule has 0 saturated carbocycles. The van der Waals surface area contributed by atoms with Gasteiger partial charge in [-0.1, -0.05) is 17.8 Å². The molecule has 0 bridgehead atoms. The quantitative estimate of drug-likeness (QED) is 0.301. The smallest absolute Gasteiger partial charge is 0.276 e. The van der Waals surface area contributed by atoms with Gasteiger partial charge in [-0.3, -0.25) is 14.2 Å². The number of hydrogen-bond acceptors (Lipinski definition) is 7. The van der Waals surface area contributed by atoms with E-state index in [1.165, 1.54) is 30.2 Å². The van der Waals surface area contributed by atoms with E-state index in [9.17, 15) is 9.59 Å². The Morgan fingerprint density at radius 3 is 2.64 bits per heavy atom. The van der Waals surface area contributed by atoms with Gasteiger partial charge in [-0.25, -0.2) is 4.98 Å². The third kappa shape index (κ3) is 4.74. The molecule has 170 valence electrons. The third-order valence-electron chi connectivity index (χ3n) is 5.21. The number of anilines is 1. The van der Waals surface area contributed by atoms with Crippen LogP contribution in [0.25, 0.3) is 15.9 Å². The molecule has 2 aromatic carbocycles. The molecule has 0 unspecified atom stereocenters. The highest BCUT2D eigenvalue weighted by atomic mass is 32.2. The molecule has 2 heterocycles. The molecule has 4 aromatic rings. The number of benzene rings is 2. The summed E-state index contributed by atoms with van der Waals surface area (Å²) in [6, 6.07) is 12.8. The van der Waals surface area contributed by atoms with E-state index in [0.717, 1.165) is 16.8 Å². The average molecular weight is 482 g/mol. The fourth-order valence-corrected chi connectivity index (χ4v) is 4.87. The molecule has 0 aliphatic carbocycles. The number of carbonyl (C=O) groups excluding carboxylic acids is 1. The summed E-state index contributed by atoms with van der Waals surface area (Å²) in [5, 5.41) is 5.16. The molecule has 9 heteroatoms. The van der Waals surface area contributed by atoms with Crippen LogP contribution in [0.2, 0.25) is 0 Å². The van der Waals surface area contributed by atoms with E-state index < -0.39 is 0 Å². The molecule has 7 nitrogen and oxygen atoms in total. The van der Waals surface area contributed by atoms with E-state index in [1.54, 1.807) is 29.9 Å². The maximum absolute atomic E-state index is 13.3. The Balaban J connectivity index is 1.63. The number of thioether (sulfide) groups is 1. The lowest BCUT2D eigenvalue weighted by Crippen LogP contribution is -2.22. The topological polar surface area (TPSA) is 82.5 Å². The van der Waals surface area contributed by atoms with E-state index >= 15 is 0 Å². The van der Waals surface area contributed by atoms with Crippen LogP contribution in [0.4, 0.5) is 5.69 Å². The largest absolute Gasteiger partial charge is 0.497 e. The fraction of sp³-hybridized carbons (Fsp3) is 0.208. The maximum Gasteiger partial charge on any atom is 0.276 e. The summed E-state index contributed by atoms with van der Waals surface area (Å²) in [5.74, 6) is 0.958. The summed E-state index contributed by atoms with van der Waals surface area (Å²) in [7, 11) is 3.09. The van der Waals surface area contributed by atoms with Crippen LogP contribution in [0.15, 0.2) is 57.8 Å². The van der Waals surface area contributed by atoms with Crippen molar-refractivity contribution in [2.75, 3.05) is 25.3 Å². The Hall–Kier alpha value is -3.30. The molecule has 4 rings (SSSR count). The zero-order valence-electron chi connectivity index (χ0n) is 18.7. The molecular weight excluding hydrogens is 458 g/mol. The first-order chi connectivity index (χ1) is 15.9. The van der Waals surface area contributed by atoms with Gasteiger partial charge in [-0.15, -0.1) is 11.3 Å². The van der Waals surface area contributed by atoms with Crippen molar-refractivity contribution in [2.24, 2.45) is 0 Å². The summed E-state index contributed by atoms with van der Waals surface area (Å²) >= 11 is 2.58. The van der Waals surface area contributed by atoms with Crippen LogP contribution in [-0.4, -0.2) is 35.4 Å². The molecule has 0 aliphatic rings. The molecule has 0 aliphatic heterocycles. The predicted molar refractivity (Wildman–Crippen MR) is 134 cm³/mol. The number of hydrogen-bond donors (Lipinski definition) is 1. The predicted octanol–water partition coefficient (Wildman–Crippen LogP) is 4.81. The minimum Gasteiger partial charge on any atom is -0.497 e. The molecule has 33 heavy (non-hydrogen) atoms. The van der Waals surface area contributed by atoms with Crippen LogP contribution in [0, 0.1) is 13.8 Å².